The Kier molecular flexibility index (Phi) is 3.37. The van der Waals surface area contributed by atoms with Gasteiger partial charge >= 0.3 is 0 Å². The molecule has 0 saturated carbocycles. The highest BCUT2D eigenvalue weighted by molar-refractivity contribution is 5.85. The molecular formula is C14H21N3O. The molecule has 4 nitrogen and oxygen atoms in total. The monoisotopic (exact) mass is 247 g/mol. The molecule has 3 N–H and O–H groups in total. The van der Waals surface area contributed by atoms with Gasteiger partial charge in [-0.25, -0.2) is 0 Å². The van der Waals surface area contributed by atoms with Crippen LogP contribution in [-0.4, -0.2) is 18.5 Å². The van der Waals surface area contributed by atoms with Gasteiger partial charge in [0.05, 0.1) is 11.6 Å². The van der Waals surface area contributed by atoms with Crippen LogP contribution in [0.15, 0.2) is 23.4 Å². The molecule has 3 rings (SSSR count). The summed E-state index contributed by atoms with van der Waals surface area (Å²) in [5, 5.41) is 3.53. The van der Waals surface area contributed by atoms with E-state index in [1.807, 2.05) is 0 Å². The van der Waals surface area contributed by atoms with E-state index in [0.717, 1.165) is 18.7 Å². The second kappa shape index (κ2) is 5.14. The van der Waals surface area contributed by atoms with Crippen molar-refractivity contribution in [3.63, 3.8) is 0 Å². The van der Waals surface area contributed by atoms with Gasteiger partial charge in [0, 0.05) is 12.6 Å². The van der Waals surface area contributed by atoms with E-state index in [1.54, 1.807) is 0 Å². The first-order valence-corrected chi connectivity index (χ1v) is 7.06. The van der Waals surface area contributed by atoms with Gasteiger partial charge in [0.2, 0.25) is 5.91 Å². The highest BCUT2D eigenvalue weighted by Gasteiger charge is 2.36. The number of nitrogens with one attached hydrogen (secondary N) is 3. The average Bonchev–Trinajstić information content (AvgIpc) is 2.77. The largest absolute Gasteiger partial charge is 0.309 e. The van der Waals surface area contributed by atoms with Gasteiger partial charge in [0.15, 0.2) is 0 Å². The van der Waals surface area contributed by atoms with Gasteiger partial charge in [-0.2, -0.15) is 0 Å². The predicted octanol–water partition coefficient (Wildman–Crippen LogP) is 1.37. The van der Waals surface area contributed by atoms with Crippen LogP contribution in [0.2, 0.25) is 0 Å². The first-order chi connectivity index (χ1) is 8.86. The molecular weight excluding hydrogens is 226 g/mol. The summed E-state index contributed by atoms with van der Waals surface area (Å²) in [6.45, 7) is 0.760. The molecule has 0 aromatic rings. The van der Waals surface area contributed by atoms with Crippen LogP contribution in [0.3, 0.4) is 0 Å². The van der Waals surface area contributed by atoms with E-state index >= 15 is 0 Å². The molecule has 1 amide bonds. The molecule has 0 radical (unpaired) electrons. The lowest BCUT2D eigenvalue weighted by Gasteiger charge is -2.29. The van der Waals surface area contributed by atoms with Crippen molar-refractivity contribution >= 4 is 5.91 Å². The van der Waals surface area contributed by atoms with Gasteiger partial charge in [-0.15, -0.1) is 0 Å². The number of allylic oxidation sites excluding steroid dienone is 1. The maximum atomic E-state index is 11.7. The van der Waals surface area contributed by atoms with Crippen molar-refractivity contribution in [2.75, 3.05) is 6.54 Å². The summed E-state index contributed by atoms with van der Waals surface area (Å²) in [5.74, 6) is 0.0674. The minimum atomic E-state index is -0.0242. The van der Waals surface area contributed by atoms with Crippen molar-refractivity contribution < 1.29 is 4.79 Å². The zero-order valence-corrected chi connectivity index (χ0v) is 10.7. The molecule has 0 spiro atoms. The van der Waals surface area contributed by atoms with E-state index < -0.39 is 0 Å². The summed E-state index contributed by atoms with van der Waals surface area (Å²) >= 11 is 0. The van der Waals surface area contributed by atoms with Crippen molar-refractivity contribution in [1.82, 2.24) is 16.2 Å². The molecule has 2 aliphatic heterocycles. The third-order valence-corrected chi connectivity index (χ3v) is 4.15. The fraction of sp³-hybridized carbons (Fsp3) is 0.643. The SMILES string of the molecule is O=C1NNC2=C3C=CCCCCCCC3NCC12. The Balaban J connectivity index is 1.90. The fourth-order valence-electron chi connectivity index (χ4n) is 3.10. The number of hydrazine groups is 1. The van der Waals surface area contributed by atoms with Crippen molar-refractivity contribution in [1.29, 1.82) is 0 Å². The molecule has 0 bridgehead atoms. The van der Waals surface area contributed by atoms with E-state index in [9.17, 15) is 4.79 Å². The number of rotatable bonds is 0. The second-order valence-corrected chi connectivity index (χ2v) is 5.39. The zero-order valence-electron chi connectivity index (χ0n) is 10.7. The first kappa shape index (κ1) is 11.8. The normalized spacial score (nSPS) is 32.3. The van der Waals surface area contributed by atoms with Crippen LogP contribution in [0, 0.1) is 5.92 Å². The maximum Gasteiger partial charge on any atom is 0.248 e. The van der Waals surface area contributed by atoms with E-state index in [-0.39, 0.29) is 11.8 Å². The Morgan fingerprint density at radius 2 is 2.00 bits per heavy atom. The predicted molar refractivity (Wildman–Crippen MR) is 70.4 cm³/mol. The van der Waals surface area contributed by atoms with Crippen LogP contribution >= 0.6 is 0 Å². The van der Waals surface area contributed by atoms with Crippen molar-refractivity contribution in [3.8, 4) is 0 Å². The number of hydrogen-bond donors (Lipinski definition) is 3. The lowest BCUT2D eigenvalue weighted by Crippen LogP contribution is -2.42. The number of hydrogen-bond acceptors (Lipinski definition) is 3. The minimum Gasteiger partial charge on any atom is -0.309 e. The molecule has 1 saturated heterocycles. The molecule has 98 valence electrons. The number of fused-ring (bicyclic) bond motifs is 2. The molecule has 1 aliphatic carbocycles. The average molecular weight is 247 g/mol. The Morgan fingerprint density at radius 3 is 2.94 bits per heavy atom. The minimum absolute atomic E-state index is 0.0242. The molecule has 3 aliphatic rings. The van der Waals surface area contributed by atoms with Crippen LogP contribution in [0.4, 0.5) is 0 Å². The van der Waals surface area contributed by atoms with E-state index in [1.165, 1.54) is 37.7 Å². The Bertz CT molecular complexity index is 400. The molecule has 1 fully saturated rings. The molecule has 0 aromatic heterocycles. The molecule has 2 atom stereocenters. The number of carbonyl (C=O) groups is 1. The molecule has 18 heavy (non-hydrogen) atoms. The Morgan fingerprint density at radius 1 is 1.11 bits per heavy atom. The maximum absolute atomic E-state index is 11.7. The summed E-state index contributed by atoms with van der Waals surface area (Å²) < 4.78 is 0. The lowest BCUT2D eigenvalue weighted by atomic mass is 9.88. The Labute approximate surface area is 108 Å². The number of carbonyl (C=O) groups excluding carboxylic acids is 1. The van der Waals surface area contributed by atoms with Gasteiger partial charge in [-0.3, -0.25) is 10.2 Å². The lowest BCUT2D eigenvalue weighted by molar-refractivity contribution is -0.122. The molecule has 4 heteroatoms. The van der Waals surface area contributed by atoms with Crippen molar-refractivity contribution in [3.05, 3.63) is 23.4 Å². The van der Waals surface area contributed by atoms with Crippen LogP contribution in [0.1, 0.15) is 38.5 Å². The highest BCUT2D eigenvalue weighted by Crippen LogP contribution is 2.28. The van der Waals surface area contributed by atoms with Crippen molar-refractivity contribution in [2.24, 2.45) is 5.92 Å². The third-order valence-electron chi connectivity index (χ3n) is 4.15. The first-order valence-electron chi connectivity index (χ1n) is 7.06. The van der Waals surface area contributed by atoms with Gasteiger partial charge in [-0.05, 0) is 24.8 Å². The zero-order chi connectivity index (χ0) is 12.4. The summed E-state index contributed by atoms with van der Waals surface area (Å²) in [5.41, 5.74) is 8.20. The number of amides is 1. The summed E-state index contributed by atoms with van der Waals surface area (Å²) in [4.78, 5) is 11.7. The highest BCUT2D eigenvalue weighted by atomic mass is 16.2. The topological polar surface area (TPSA) is 53.2 Å². The quantitative estimate of drug-likeness (QED) is 0.606. The van der Waals surface area contributed by atoms with Crippen LogP contribution in [0.5, 0.6) is 0 Å². The van der Waals surface area contributed by atoms with E-state index in [4.69, 9.17) is 0 Å². The van der Waals surface area contributed by atoms with E-state index in [0.29, 0.717) is 6.04 Å². The van der Waals surface area contributed by atoms with E-state index in [2.05, 4.69) is 28.3 Å². The standard InChI is InChI=1S/C14H21N3O/c18-14-11-9-15-12-8-6-4-2-1-3-5-7-10(12)13(11)16-17-14/h5,7,11-12,15-16H,1-4,6,8-9H2,(H,17,18). The van der Waals surface area contributed by atoms with Gasteiger partial charge in [0.25, 0.3) is 0 Å². The van der Waals surface area contributed by atoms with Crippen LogP contribution in [-0.2, 0) is 4.79 Å². The van der Waals surface area contributed by atoms with Crippen LogP contribution in [0.25, 0.3) is 0 Å². The molecule has 0 aromatic carbocycles. The Hall–Kier alpha value is -1.29. The molecule has 2 heterocycles. The fourth-order valence-corrected chi connectivity index (χ4v) is 3.10. The van der Waals surface area contributed by atoms with Gasteiger partial charge in [0.1, 0.15) is 0 Å². The van der Waals surface area contributed by atoms with Gasteiger partial charge in [-0.1, -0.05) is 31.4 Å². The van der Waals surface area contributed by atoms with Gasteiger partial charge < -0.3 is 10.7 Å². The molecule has 2 unspecified atom stereocenters. The van der Waals surface area contributed by atoms with Crippen LogP contribution < -0.4 is 16.2 Å². The summed E-state index contributed by atoms with van der Waals surface area (Å²) in [6.07, 6.45) is 12.0. The summed E-state index contributed by atoms with van der Waals surface area (Å²) in [6, 6.07) is 0.408. The second-order valence-electron chi connectivity index (χ2n) is 5.39. The smallest absolute Gasteiger partial charge is 0.248 e. The summed E-state index contributed by atoms with van der Waals surface area (Å²) in [7, 11) is 0. The van der Waals surface area contributed by atoms with Crippen molar-refractivity contribution in [2.45, 2.75) is 44.6 Å². The third kappa shape index (κ3) is 2.17.